The average Bonchev–Trinajstić information content (AvgIpc) is 2.63. The largest absolute Gasteiger partial charge is 0.395 e. The molecule has 2 amide bonds. The van der Waals surface area contributed by atoms with E-state index in [0.29, 0.717) is 23.6 Å². The third kappa shape index (κ3) is 3.83. The zero-order chi connectivity index (χ0) is 17.8. The monoisotopic (exact) mass is 357 g/mol. The summed E-state index contributed by atoms with van der Waals surface area (Å²) >= 11 is 5.86. The van der Waals surface area contributed by atoms with E-state index < -0.39 is 6.04 Å². The van der Waals surface area contributed by atoms with Crippen LogP contribution in [0.3, 0.4) is 0 Å². The first kappa shape index (κ1) is 17.5. The number of fused-ring (bicyclic) bond motifs is 1. The van der Waals surface area contributed by atoms with Gasteiger partial charge in [0.25, 0.3) is 5.91 Å². The standard InChI is InChI=1S/C19H18ClN2O3/c20-15-7-5-13(6-8-15)12-21-18(24)17-11-14-3-1-2-4-16(14)19(25)22(17)9-10-23/h1,3-8,17,23H,9-12H2,(H,21,24). The third-order valence-electron chi connectivity index (χ3n) is 4.26. The molecule has 5 nitrogen and oxygen atoms in total. The molecule has 0 saturated heterocycles. The number of nitrogens with zero attached hydrogens (tertiary/aromatic N) is 1. The second-order valence-corrected chi connectivity index (χ2v) is 6.31. The number of halogens is 1. The van der Waals surface area contributed by atoms with Crippen molar-refractivity contribution in [3.05, 3.63) is 70.2 Å². The minimum Gasteiger partial charge on any atom is -0.395 e. The highest BCUT2D eigenvalue weighted by Crippen LogP contribution is 2.23. The Hall–Kier alpha value is -2.37. The van der Waals surface area contributed by atoms with Crippen LogP contribution in [-0.2, 0) is 17.8 Å². The fourth-order valence-corrected chi connectivity index (χ4v) is 3.09. The number of nitrogens with one attached hydrogen (secondary N) is 1. The number of hydrogen-bond donors (Lipinski definition) is 2. The molecule has 6 heteroatoms. The number of amides is 2. The van der Waals surface area contributed by atoms with Crippen LogP contribution in [0.4, 0.5) is 0 Å². The highest BCUT2D eigenvalue weighted by atomic mass is 35.5. The number of carbonyl (C=O) groups excluding carboxylic acids is 2. The summed E-state index contributed by atoms with van der Waals surface area (Å²) in [5.41, 5.74) is 2.28. The van der Waals surface area contributed by atoms with E-state index in [1.54, 1.807) is 24.3 Å². The minimum atomic E-state index is -0.637. The van der Waals surface area contributed by atoms with Crippen molar-refractivity contribution in [2.75, 3.05) is 13.2 Å². The van der Waals surface area contributed by atoms with Crippen LogP contribution < -0.4 is 5.32 Å². The molecule has 129 valence electrons. The van der Waals surface area contributed by atoms with Gasteiger partial charge in [-0.15, -0.1) is 0 Å². The van der Waals surface area contributed by atoms with Crippen molar-refractivity contribution in [3.63, 3.8) is 0 Å². The first-order chi connectivity index (χ1) is 12.1. The quantitative estimate of drug-likeness (QED) is 0.857. The topological polar surface area (TPSA) is 69.6 Å². The summed E-state index contributed by atoms with van der Waals surface area (Å²) in [4.78, 5) is 26.7. The van der Waals surface area contributed by atoms with Crippen LogP contribution in [0.2, 0.25) is 5.02 Å². The van der Waals surface area contributed by atoms with Gasteiger partial charge in [0, 0.05) is 30.1 Å². The van der Waals surface area contributed by atoms with Gasteiger partial charge in [0.1, 0.15) is 6.04 Å². The number of aliphatic hydroxyl groups excluding tert-OH is 1. The SMILES string of the molecule is O=C(NCc1ccc(Cl)cc1)C1Cc2cc[c]cc2C(=O)N1CCO. The van der Waals surface area contributed by atoms with Crippen LogP contribution >= 0.6 is 11.6 Å². The van der Waals surface area contributed by atoms with Crippen molar-refractivity contribution in [1.29, 1.82) is 0 Å². The maximum Gasteiger partial charge on any atom is 0.254 e. The number of rotatable bonds is 5. The number of β-amino-alcohol motifs (C(OH)–C–C–N with tert-alkyl or cyclic N) is 1. The molecule has 0 aromatic heterocycles. The minimum absolute atomic E-state index is 0.117. The number of aliphatic hydroxyl groups is 1. The number of carbonyl (C=O) groups is 2. The van der Waals surface area contributed by atoms with Gasteiger partial charge in [-0.3, -0.25) is 9.59 Å². The van der Waals surface area contributed by atoms with E-state index in [9.17, 15) is 14.7 Å². The molecule has 1 radical (unpaired) electrons. The molecule has 2 N–H and O–H groups in total. The van der Waals surface area contributed by atoms with Crippen LogP contribution in [0, 0.1) is 6.07 Å². The summed E-state index contributed by atoms with van der Waals surface area (Å²) in [6.07, 6.45) is 0.419. The first-order valence-corrected chi connectivity index (χ1v) is 8.41. The second-order valence-electron chi connectivity index (χ2n) is 5.87. The maximum absolute atomic E-state index is 12.7. The molecule has 3 rings (SSSR count). The average molecular weight is 358 g/mol. The predicted octanol–water partition coefficient (Wildman–Crippen LogP) is 1.82. The molecule has 1 heterocycles. The van der Waals surface area contributed by atoms with E-state index in [0.717, 1.165) is 11.1 Å². The van der Waals surface area contributed by atoms with Gasteiger partial charge in [0.15, 0.2) is 0 Å². The fraction of sp³-hybridized carbons (Fsp3) is 0.263. The molecule has 1 atom stereocenters. The van der Waals surface area contributed by atoms with Gasteiger partial charge >= 0.3 is 0 Å². The van der Waals surface area contributed by atoms with Crippen LogP contribution in [0.15, 0.2) is 42.5 Å². The van der Waals surface area contributed by atoms with Gasteiger partial charge in [0.05, 0.1) is 6.61 Å². The molecular weight excluding hydrogens is 340 g/mol. The Kier molecular flexibility index (Phi) is 5.36. The van der Waals surface area contributed by atoms with Crippen LogP contribution in [0.25, 0.3) is 0 Å². The van der Waals surface area contributed by atoms with Crippen LogP contribution in [-0.4, -0.2) is 41.0 Å². The van der Waals surface area contributed by atoms with Gasteiger partial charge < -0.3 is 15.3 Å². The van der Waals surface area contributed by atoms with Crippen molar-refractivity contribution < 1.29 is 14.7 Å². The third-order valence-corrected chi connectivity index (χ3v) is 4.51. The van der Waals surface area contributed by atoms with Crippen molar-refractivity contribution >= 4 is 23.4 Å². The van der Waals surface area contributed by atoms with Gasteiger partial charge in [0.2, 0.25) is 5.91 Å². The second kappa shape index (κ2) is 7.68. The first-order valence-electron chi connectivity index (χ1n) is 8.03. The highest BCUT2D eigenvalue weighted by Gasteiger charge is 2.35. The van der Waals surface area contributed by atoms with E-state index in [1.807, 2.05) is 18.2 Å². The van der Waals surface area contributed by atoms with Crippen LogP contribution in [0.5, 0.6) is 0 Å². The Morgan fingerprint density at radius 2 is 2.08 bits per heavy atom. The molecule has 0 bridgehead atoms. The molecule has 1 unspecified atom stereocenters. The Balaban J connectivity index is 1.75. The summed E-state index contributed by atoms with van der Waals surface area (Å²) < 4.78 is 0. The lowest BCUT2D eigenvalue weighted by molar-refractivity contribution is -0.126. The molecule has 1 aliphatic rings. The Morgan fingerprint density at radius 3 is 2.80 bits per heavy atom. The summed E-state index contributed by atoms with van der Waals surface area (Å²) in [5, 5.41) is 12.8. The maximum atomic E-state index is 12.7. The summed E-state index contributed by atoms with van der Waals surface area (Å²) in [7, 11) is 0. The van der Waals surface area contributed by atoms with E-state index in [1.165, 1.54) is 4.90 Å². The molecule has 2 aromatic carbocycles. The molecular formula is C19H18ClN2O3. The molecule has 0 aliphatic carbocycles. The Morgan fingerprint density at radius 1 is 1.32 bits per heavy atom. The lowest BCUT2D eigenvalue weighted by Crippen LogP contribution is -2.54. The summed E-state index contributed by atoms with van der Waals surface area (Å²) in [5.74, 6) is -0.492. The van der Waals surface area contributed by atoms with E-state index in [-0.39, 0.29) is 25.0 Å². The van der Waals surface area contributed by atoms with Gasteiger partial charge in [-0.2, -0.15) is 0 Å². The van der Waals surface area contributed by atoms with Gasteiger partial charge in [-0.25, -0.2) is 0 Å². The van der Waals surface area contributed by atoms with Crippen LogP contribution in [0.1, 0.15) is 21.5 Å². The van der Waals surface area contributed by atoms with E-state index >= 15 is 0 Å². The summed E-state index contributed by atoms with van der Waals surface area (Å²) in [6.45, 7) is 0.272. The Labute approximate surface area is 151 Å². The number of hydrogen-bond acceptors (Lipinski definition) is 3. The van der Waals surface area contributed by atoms with Crippen molar-refractivity contribution in [3.8, 4) is 0 Å². The lowest BCUT2D eigenvalue weighted by atomic mass is 9.93. The lowest BCUT2D eigenvalue weighted by Gasteiger charge is -2.35. The Bertz CT molecular complexity index is 776. The van der Waals surface area contributed by atoms with E-state index in [4.69, 9.17) is 11.6 Å². The van der Waals surface area contributed by atoms with Gasteiger partial charge in [-0.1, -0.05) is 35.9 Å². The molecule has 0 fully saturated rings. The normalized spacial score (nSPS) is 16.5. The fourth-order valence-electron chi connectivity index (χ4n) is 2.96. The zero-order valence-corrected chi connectivity index (χ0v) is 14.3. The number of benzene rings is 2. The van der Waals surface area contributed by atoms with E-state index in [2.05, 4.69) is 11.4 Å². The molecule has 2 aromatic rings. The van der Waals surface area contributed by atoms with Crippen molar-refractivity contribution in [2.45, 2.75) is 19.0 Å². The molecule has 25 heavy (non-hydrogen) atoms. The van der Waals surface area contributed by atoms with Crippen molar-refractivity contribution in [2.24, 2.45) is 0 Å². The zero-order valence-electron chi connectivity index (χ0n) is 13.5. The van der Waals surface area contributed by atoms with Gasteiger partial charge in [-0.05, 0) is 35.4 Å². The smallest absolute Gasteiger partial charge is 0.254 e. The van der Waals surface area contributed by atoms with Crippen molar-refractivity contribution in [1.82, 2.24) is 10.2 Å². The molecule has 1 aliphatic heterocycles. The predicted molar refractivity (Wildman–Crippen MR) is 94.2 cm³/mol. The highest BCUT2D eigenvalue weighted by molar-refractivity contribution is 6.30. The molecule has 0 saturated carbocycles. The molecule has 0 spiro atoms. The summed E-state index contributed by atoms with van der Waals surface area (Å²) in [6, 6.07) is 14.6.